The standard InChI is InChI=1S/C22H25NO6/c1-3-4-12-28-16-9-7-15(8-10-16)19-18(20(24)17-6-5-13-29-17)21(25)22(26)23(19)11-14-27-2/h5-10,13,19,25H,3-4,11-12,14H2,1-2H3. The van der Waals surface area contributed by atoms with E-state index in [-0.39, 0.29) is 24.5 Å². The Balaban J connectivity index is 1.93. The van der Waals surface area contributed by atoms with Crippen LogP contribution in [0.3, 0.4) is 0 Å². The molecule has 0 bridgehead atoms. The van der Waals surface area contributed by atoms with E-state index in [4.69, 9.17) is 13.9 Å². The molecule has 1 unspecified atom stereocenters. The molecule has 2 aromatic rings. The fraction of sp³-hybridized carbons (Fsp3) is 0.364. The molecule has 3 rings (SSSR count). The molecular weight excluding hydrogens is 374 g/mol. The highest BCUT2D eigenvalue weighted by atomic mass is 16.5. The maximum absolute atomic E-state index is 13.0. The molecule has 1 aliphatic heterocycles. The van der Waals surface area contributed by atoms with E-state index in [2.05, 4.69) is 6.92 Å². The molecule has 2 heterocycles. The second kappa shape index (κ2) is 9.43. The number of aliphatic hydroxyl groups excluding tert-OH is 1. The lowest BCUT2D eigenvalue weighted by Gasteiger charge is -2.26. The van der Waals surface area contributed by atoms with E-state index in [1.54, 1.807) is 30.3 Å². The number of Topliss-reactive ketones (excluding diaryl/α,β-unsaturated/α-hetero) is 1. The van der Waals surface area contributed by atoms with Crippen LogP contribution in [0.5, 0.6) is 5.75 Å². The van der Waals surface area contributed by atoms with Crippen molar-refractivity contribution >= 4 is 11.7 Å². The number of aliphatic hydroxyl groups is 1. The van der Waals surface area contributed by atoms with E-state index in [0.717, 1.165) is 12.8 Å². The number of hydrogen-bond acceptors (Lipinski definition) is 6. The van der Waals surface area contributed by atoms with Crippen LogP contribution >= 0.6 is 0 Å². The summed E-state index contributed by atoms with van der Waals surface area (Å²) in [6.07, 6.45) is 3.38. The number of carbonyl (C=O) groups excluding carboxylic acids is 2. The molecule has 7 nitrogen and oxygen atoms in total. The first-order chi connectivity index (χ1) is 14.1. The van der Waals surface area contributed by atoms with Gasteiger partial charge in [0.2, 0.25) is 5.78 Å². The molecule has 1 aliphatic rings. The average Bonchev–Trinajstić information content (AvgIpc) is 3.35. The quantitative estimate of drug-likeness (QED) is 0.484. The van der Waals surface area contributed by atoms with Gasteiger partial charge in [-0.2, -0.15) is 0 Å². The Kier molecular flexibility index (Phi) is 6.72. The Bertz CT molecular complexity index is 869. The number of benzene rings is 1. The Labute approximate surface area is 169 Å². The highest BCUT2D eigenvalue weighted by molar-refractivity contribution is 6.15. The lowest BCUT2D eigenvalue weighted by atomic mass is 9.95. The van der Waals surface area contributed by atoms with Crippen LogP contribution in [0.25, 0.3) is 0 Å². The summed E-state index contributed by atoms with van der Waals surface area (Å²) in [7, 11) is 1.53. The number of ketones is 1. The average molecular weight is 399 g/mol. The van der Waals surface area contributed by atoms with Crippen LogP contribution in [0.15, 0.2) is 58.4 Å². The number of nitrogens with zero attached hydrogens (tertiary/aromatic N) is 1. The van der Waals surface area contributed by atoms with Gasteiger partial charge in [0.15, 0.2) is 11.5 Å². The molecule has 1 aromatic heterocycles. The Morgan fingerprint density at radius 2 is 1.97 bits per heavy atom. The summed E-state index contributed by atoms with van der Waals surface area (Å²) < 4.78 is 16.0. The van der Waals surface area contributed by atoms with Gasteiger partial charge in [0.05, 0.1) is 31.1 Å². The lowest BCUT2D eigenvalue weighted by Crippen LogP contribution is -2.34. The van der Waals surface area contributed by atoms with Crippen LogP contribution in [0, 0.1) is 0 Å². The summed E-state index contributed by atoms with van der Waals surface area (Å²) in [4.78, 5) is 27.1. The summed E-state index contributed by atoms with van der Waals surface area (Å²) in [5.41, 5.74) is 0.692. The second-order valence-electron chi connectivity index (χ2n) is 6.73. The van der Waals surface area contributed by atoms with Crippen molar-refractivity contribution in [2.45, 2.75) is 25.8 Å². The zero-order chi connectivity index (χ0) is 20.8. The monoisotopic (exact) mass is 399 g/mol. The van der Waals surface area contributed by atoms with Crippen molar-refractivity contribution in [2.24, 2.45) is 0 Å². The predicted molar refractivity (Wildman–Crippen MR) is 106 cm³/mol. The summed E-state index contributed by atoms with van der Waals surface area (Å²) >= 11 is 0. The van der Waals surface area contributed by atoms with Gasteiger partial charge in [-0.25, -0.2) is 0 Å². The SMILES string of the molecule is CCCCOc1ccc(C2C(C(=O)c3ccco3)=C(O)C(=O)N2CCOC)cc1. The molecular formula is C22H25NO6. The first-order valence-corrected chi connectivity index (χ1v) is 9.62. The van der Waals surface area contributed by atoms with E-state index < -0.39 is 23.5 Å². The second-order valence-corrected chi connectivity index (χ2v) is 6.73. The molecule has 0 saturated heterocycles. The minimum atomic E-state index is -0.736. The van der Waals surface area contributed by atoms with Gasteiger partial charge in [0.1, 0.15) is 5.75 Å². The number of furan rings is 1. The van der Waals surface area contributed by atoms with Crippen LogP contribution in [0.2, 0.25) is 0 Å². The van der Waals surface area contributed by atoms with Gasteiger partial charge in [0.25, 0.3) is 5.91 Å². The summed E-state index contributed by atoms with van der Waals surface area (Å²) in [6, 6.07) is 9.55. The zero-order valence-electron chi connectivity index (χ0n) is 16.6. The van der Waals surface area contributed by atoms with Crippen LogP contribution in [-0.2, 0) is 9.53 Å². The van der Waals surface area contributed by atoms with Crippen molar-refractivity contribution in [3.63, 3.8) is 0 Å². The first-order valence-electron chi connectivity index (χ1n) is 9.62. The Morgan fingerprint density at radius 3 is 2.59 bits per heavy atom. The van der Waals surface area contributed by atoms with Gasteiger partial charge >= 0.3 is 0 Å². The molecule has 1 amide bonds. The van der Waals surface area contributed by atoms with Gasteiger partial charge in [-0.15, -0.1) is 0 Å². The molecule has 29 heavy (non-hydrogen) atoms. The number of unbranched alkanes of at least 4 members (excludes halogenated alkanes) is 1. The zero-order valence-corrected chi connectivity index (χ0v) is 16.6. The van der Waals surface area contributed by atoms with Crippen molar-refractivity contribution in [2.75, 3.05) is 26.9 Å². The number of ether oxygens (including phenoxy) is 2. The third kappa shape index (κ3) is 4.35. The number of rotatable bonds is 10. The molecule has 1 atom stereocenters. The maximum atomic E-state index is 13.0. The third-order valence-electron chi connectivity index (χ3n) is 4.79. The number of methoxy groups -OCH3 is 1. The number of carbonyl (C=O) groups is 2. The van der Waals surface area contributed by atoms with Crippen LogP contribution < -0.4 is 4.74 Å². The van der Waals surface area contributed by atoms with Crippen molar-refractivity contribution in [1.82, 2.24) is 4.90 Å². The van der Waals surface area contributed by atoms with Gasteiger partial charge in [-0.1, -0.05) is 25.5 Å². The minimum absolute atomic E-state index is 0.000652. The molecule has 1 N–H and O–H groups in total. The van der Waals surface area contributed by atoms with Crippen molar-refractivity contribution in [1.29, 1.82) is 0 Å². The first kappa shape index (κ1) is 20.7. The number of hydrogen-bond donors (Lipinski definition) is 1. The molecule has 0 aliphatic carbocycles. The van der Waals surface area contributed by atoms with Crippen LogP contribution in [0.1, 0.15) is 41.9 Å². The molecule has 0 radical (unpaired) electrons. The maximum Gasteiger partial charge on any atom is 0.290 e. The normalized spacial score (nSPS) is 16.6. The number of amides is 1. The van der Waals surface area contributed by atoms with E-state index in [1.165, 1.54) is 24.3 Å². The van der Waals surface area contributed by atoms with Gasteiger partial charge in [-0.3, -0.25) is 9.59 Å². The third-order valence-corrected chi connectivity index (χ3v) is 4.79. The highest BCUT2D eigenvalue weighted by Crippen LogP contribution is 2.39. The van der Waals surface area contributed by atoms with Crippen molar-refractivity contribution < 1.29 is 28.6 Å². The van der Waals surface area contributed by atoms with Gasteiger partial charge < -0.3 is 23.9 Å². The molecule has 0 fully saturated rings. The molecule has 7 heteroatoms. The Hall–Kier alpha value is -3.06. The minimum Gasteiger partial charge on any atom is -0.503 e. The molecule has 0 saturated carbocycles. The topological polar surface area (TPSA) is 89.2 Å². The van der Waals surface area contributed by atoms with Gasteiger partial charge in [0, 0.05) is 13.7 Å². The fourth-order valence-electron chi connectivity index (χ4n) is 3.27. The van der Waals surface area contributed by atoms with Crippen molar-refractivity contribution in [3.05, 3.63) is 65.3 Å². The summed E-state index contributed by atoms with van der Waals surface area (Å²) in [6.45, 7) is 3.22. The summed E-state index contributed by atoms with van der Waals surface area (Å²) in [5, 5.41) is 10.5. The predicted octanol–water partition coefficient (Wildman–Crippen LogP) is 3.68. The van der Waals surface area contributed by atoms with E-state index in [1.807, 2.05) is 0 Å². The molecule has 1 aromatic carbocycles. The van der Waals surface area contributed by atoms with E-state index in [9.17, 15) is 14.7 Å². The van der Waals surface area contributed by atoms with E-state index in [0.29, 0.717) is 17.9 Å². The Morgan fingerprint density at radius 1 is 1.21 bits per heavy atom. The van der Waals surface area contributed by atoms with Crippen LogP contribution in [0.4, 0.5) is 0 Å². The smallest absolute Gasteiger partial charge is 0.290 e. The fourth-order valence-corrected chi connectivity index (χ4v) is 3.27. The lowest BCUT2D eigenvalue weighted by molar-refractivity contribution is -0.130. The summed E-state index contributed by atoms with van der Waals surface area (Å²) in [5.74, 6) is -0.908. The largest absolute Gasteiger partial charge is 0.503 e. The highest BCUT2D eigenvalue weighted by Gasteiger charge is 2.44. The van der Waals surface area contributed by atoms with Crippen molar-refractivity contribution in [3.8, 4) is 5.75 Å². The van der Waals surface area contributed by atoms with Gasteiger partial charge in [-0.05, 0) is 36.2 Å². The van der Waals surface area contributed by atoms with E-state index >= 15 is 0 Å². The van der Waals surface area contributed by atoms with Crippen LogP contribution in [-0.4, -0.2) is 48.6 Å². The molecule has 0 spiro atoms. The molecule has 154 valence electrons.